The average molecular weight is 403 g/mol. The Hall–Kier alpha value is -2.87. The Morgan fingerprint density at radius 1 is 1.03 bits per heavy atom. The van der Waals surface area contributed by atoms with E-state index in [-0.39, 0.29) is 23.9 Å². The Morgan fingerprint density at radius 3 is 2.55 bits per heavy atom. The molecule has 0 radical (unpaired) electrons. The molecule has 2 aromatic rings. The van der Waals surface area contributed by atoms with E-state index in [4.69, 9.17) is 0 Å². The van der Waals surface area contributed by atoms with E-state index in [9.17, 15) is 22.8 Å². The maximum absolute atomic E-state index is 13.7. The summed E-state index contributed by atoms with van der Waals surface area (Å²) in [6.07, 6.45) is 0.609. The summed E-state index contributed by atoms with van der Waals surface area (Å²) in [4.78, 5) is 30.4. The molecule has 2 aliphatic heterocycles. The van der Waals surface area contributed by atoms with Gasteiger partial charge in [-0.05, 0) is 49.9 Å². The molecule has 2 heterocycles. The molecule has 0 N–H and O–H groups in total. The van der Waals surface area contributed by atoms with E-state index < -0.39 is 23.0 Å². The average Bonchev–Trinajstić information content (AvgIpc) is 3.12. The van der Waals surface area contributed by atoms with Crippen LogP contribution in [0, 0.1) is 17.5 Å². The molecule has 0 saturated carbocycles. The number of halogens is 3. The van der Waals surface area contributed by atoms with Crippen LogP contribution in [0.2, 0.25) is 0 Å². The molecule has 1 atom stereocenters. The number of benzene rings is 2. The van der Waals surface area contributed by atoms with Crippen molar-refractivity contribution in [3.63, 3.8) is 0 Å². The summed E-state index contributed by atoms with van der Waals surface area (Å²) in [6.45, 7) is 1.21. The minimum atomic E-state index is -1.07. The SMILES string of the molecule is CN1CC(=O)N(c2cccc(F)c2)CC12CCN(C(=O)c1ccc(F)c(F)c1)C2. The van der Waals surface area contributed by atoms with Crippen LogP contribution in [0.3, 0.4) is 0 Å². The van der Waals surface area contributed by atoms with Crippen LogP contribution in [0.1, 0.15) is 16.8 Å². The zero-order valence-electron chi connectivity index (χ0n) is 15.9. The highest BCUT2D eigenvalue weighted by molar-refractivity contribution is 5.97. The smallest absolute Gasteiger partial charge is 0.254 e. The lowest BCUT2D eigenvalue weighted by Gasteiger charge is -2.46. The normalized spacial score (nSPS) is 22.6. The molecule has 4 rings (SSSR count). The first-order chi connectivity index (χ1) is 13.8. The summed E-state index contributed by atoms with van der Waals surface area (Å²) in [5.41, 5.74) is 0.0689. The van der Waals surface area contributed by atoms with Crippen LogP contribution in [0.4, 0.5) is 18.9 Å². The van der Waals surface area contributed by atoms with Gasteiger partial charge in [-0.1, -0.05) is 6.07 Å². The third kappa shape index (κ3) is 3.48. The molecule has 152 valence electrons. The molecule has 0 bridgehead atoms. The molecule has 2 saturated heterocycles. The van der Waals surface area contributed by atoms with Gasteiger partial charge < -0.3 is 9.80 Å². The van der Waals surface area contributed by atoms with Crippen molar-refractivity contribution in [2.45, 2.75) is 12.0 Å². The van der Waals surface area contributed by atoms with Crippen LogP contribution >= 0.6 is 0 Å². The molecular formula is C21H20F3N3O2. The topological polar surface area (TPSA) is 43.9 Å². The highest BCUT2D eigenvalue weighted by Gasteiger charge is 2.48. The highest BCUT2D eigenvalue weighted by atomic mass is 19.2. The van der Waals surface area contributed by atoms with Gasteiger partial charge >= 0.3 is 0 Å². The lowest BCUT2D eigenvalue weighted by Crippen LogP contribution is -2.64. The van der Waals surface area contributed by atoms with E-state index in [1.165, 1.54) is 18.2 Å². The molecule has 1 spiro atoms. The second-order valence-corrected chi connectivity index (χ2v) is 7.65. The van der Waals surface area contributed by atoms with Crippen LogP contribution in [0.5, 0.6) is 0 Å². The van der Waals surface area contributed by atoms with Gasteiger partial charge in [0.25, 0.3) is 5.91 Å². The van der Waals surface area contributed by atoms with Crippen LogP contribution in [-0.4, -0.2) is 60.4 Å². The highest BCUT2D eigenvalue weighted by Crippen LogP contribution is 2.34. The fraction of sp³-hybridized carbons (Fsp3) is 0.333. The number of likely N-dealkylation sites (N-methyl/N-ethyl adjacent to an activating group) is 1. The summed E-state index contributed by atoms with van der Waals surface area (Å²) >= 11 is 0. The fourth-order valence-corrected chi connectivity index (χ4v) is 4.12. The quantitative estimate of drug-likeness (QED) is 0.775. The molecule has 1 unspecified atom stereocenters. The number of hydrogen-bond acceptors (Lipinski definition) is 3. The predicted molar refractivity (Wildman–Crippen MR) is 101 cm³/mol. The first-order valence-corrected chi connectivity index (χ1v) is 9.31. The largest absolute Gasteiger partial charge is 0.337 e. The third-order valence-electron chi connectivity index (χ3n) is 5.84. The number of carbonyl (C=O) groups excluding carboxylic acids is 2. The minimum absolute atomic E-state index is 0.0810. The molecule has 5 nitrogen and oxygen atoms in total. The second-order valence-electron chi connectivity index (χ2n) is 7.65. The van der Waals surface area contributed by atoms with Gasteiger partial charge in [-0.2, -0.15) is 0 Å². The number of likely N-dealkylation sites (tertiary alicyclic amines) is 1. The van der Waals surface area contributed by atoms with Crippen molar-refractivity contribution in [1.29, 1.82) is 0 Å². The Bertz CT molecular complexity index is 983. The summed E-state index contributed by atoms with van der Waals surface area (Å²) in [6, 6.07) is 8.96. The zero-order valence-corrected chi connectivity index (χ0v) is 15.9. The maximum atomic E-state index is 13.7. The second kappa shape index (κ2) is 7.18. The van der Waals surface area contributed by atoms with Crippen LogP contribution in [-0.2, 0) is 4.79 Å². The van der Waals surface area contributed by atoms with Gasteiger partial charge in [-0.3, -0.25) is 14.5 Å². The molecule has 2 amide bonds. The van der Waals surface area contributed by atoms with Crippen LogP contribution in [0.25, 0.3) is 0 Å². The molecule has 2 aromatic carbocycles. The Labute approximate surface area is 166 Å². The number of carbonyl (C=O) groups is 2. The van der Waals surface area contributed by atoms with Crippen molar-refractivity contribution >= 4 is 17.5 Å². The lowest BCUT2D eigenvalue weighted by atomic mass is 9.92. The number of rotatable bonds is 2. The molecule has 8 heteroatoms. The number of hydrogen-bond donors (Lipinski definition) is 0. The number of amides is 2. The van der Waals surface area contributed by atoms with Crippen molar-refractivity contribution in [1.82, 2.24) is 9.80 Å². The van der Waals surface area contributed by atoms with Crippen molar-refractivity contribution in [3.05, 3.63) is 65.5 Å². The van der Waals surface area contributed by atoms with E-state index in [0.717, 1.165) is 12.1 Å². The monoisotopic (exact) mass is 403 g/mol. The lowest BCUT2D eigenvalue weighted by molar-refractivity contribution is -0.123. The number of anilines is 1. The first-order valence-electron chi connectivity index (χ1n) is 9.31. The van der Waals surface area contributed by atoms with Crippen molar-refractivity contribution < 1.29 is 22.8 Å². The van der Waals surface area contributed by atoms with E-state index in [0.29, 0.717) is 31.7 Å². The van der Waals surface area contributed by atoms with E-state index >= 15 is 0 Å². The van der Waals surface area contributed by atoms with Gasteiger partial charge in [0.1, 0.15) is 5.82 Å². The maximum Gasteiger partial charge on any atom is 0.254 e. The number of nitrogens with zero attached hydrogens (tertiary/aromatic N) is 3. The third-order valence-corrected chi connectivity index (χ3v) is 5.84. The van der Waals surface area contributed by atoms with Gasteiger partial charge in [0.2, 0.25) is 5.91 Å². The fourth-order valence-electron chi connectivity index (χ4n) is 4.12. The van der Waals surface area contributed by atoms with Crippen LogP contribution < -0.4 is 4.90 Å². The summed E-state index contributed by atoms with van der Waals surface area (Å²) in [7, 11) is 1.83. The molecular weight excluding hydrogens is 383 g/mol. The molecule has 0 aromatic heterocycles. The van der Waals surface area contributed by atoms with Gasteiger partial charge in [-0.25, -0.2) is 13.2 Å². The summed E-state index contributed by atoms with van der Waals surface area (Å²) < 4.78 is 40.4. The van der Waals surface area contributed by atoms with E-state index in [2.05, 4.69) is 0 Å². The summed E-state index contributed by atoms with van der Waals surface area (Å²) in [5.74, 6) is -3.03. The molecule has 2 fully saturated rings. The van der Waals surface area contributed by atoms with Crippen molar-refractivity contribution in [3.8, 4) is 0 Å². The Balaban J connectivity index is 1.56. The molecule has 2 aliphatic rings. The Kier molecular flexibility index (Phi) is 4.82. The summed E-state index contributed by atoms with van der Waals surface area (Å²) in [5, 5.41) is 0. The van der Waals surface area contributed by atoms with E-state index in [1.54, 1.807) is 21.9 Å². The number of piperazine rings is 1. The minimum Gasteiger partial charge on any atom is -0.337 e. The molecule has 29 heavy (non-hydrogen) atoms. The standard InChI is InChI=1S/C21H20F3N3O2/c1-25-11-19(28)27(16-4-2-3-15(22)10-16)13-21(25)7-8-26(12-21)20(29)14-5-6-17(23)18(24)9-14/h2-6,9-10H,7-8,11-13H2,1H3. The van der Waals surface area contributed by atoms with Gasteiger partial charge in [0.05, 0.1) is 12.1 Å². The van der Waals surface area contributed by atoms with E-state index in [1.807, 2.05) is 11.9 Å². The van der Waals surface area contributed by atoms with Gasteiger partial charge in [0.15, 0.2) is 11.6 Å². The molecule has 0 aliphatic carbocycles. The van der Waals surface area contributed by atoms with Gasteiger partial charge in [-0.15, -0.1) is 0 Å². The first kappa shape index (κ1) is 19.4. The predicted octanol–water partition coefficient (Wildman–Crippen LogP) is 2.67. The van der Waals surface area contributed by atoms with Gasteiger partial charge in [0, 0.05) is 30.9 Å². The van der Waals surface area contributed by atoms with Crippen LogP contribution in [0.15, 0.2) is 42.5 Å². The van der Waals surface area contributed by atoms with Crippen molar-refractivity contribution in [2.24, 2.45) is 0 Å². The zero-order chi connectivity index (χ0) is 20.8. The Morgan fingerprint density at radius 2 is 1.83 bits per heavy atom. The van der Waals surface area contributed by atoms with Crippen molar-refractivity contribution in [2.75, 3.05) is 38.1 Å².